The van der Waals surface area contributed by atoms with Crippen LogP contribution >= 0.6 is 0 Å². The molecule has 0 bridgehead atoms. The minimum absolute atomic E-state index is 0. The van der Waals surface area contributed by atoms with Gasteiger partial charge in [-0.1, -0.05) is 32.1 Å². The molecule has 0 aromatic heterocycles. The van der Waals surface area contributed by atoms with Gasteiger partial charge >= 0.3 is 29.6 Å². The van der Waals surface area contributed by atoms with Gasteiger partial charge in [-0.2, -0.15) is 0 Å². The van der Waals surface area contributed by atoms with E-state index in [0.29, 0.717) is 11.3 Å². The Bertz CT molecular complexity index is 1290. The number of carbonyl (C=O) groups is 2. The first kappa shape index (κ1) is 44.2. The number of aliphatic carboxylic acids is 1. The number of ether oxygens (including phenoxy) is 7. The number of hydrogen-bond donors (Lipinski definition) is 7. The van der Waals surface area contributed by atoms with Crippen molar-refractivity contribution < 1.29 is 108 Å². The summed E-state index contributed by atoms with van der Waals surface area (Å²) in [6.07, 6.45) is -14.8. The third kappa shape index (κ3) is 11.1. The molecule has 0 spiro atoms. The molecule has 0 radical (unpaired) electrons. The smallest absolute Gasteiger partial charge is 0.547 e. The fraction of sp³-hybridized carbons (Fsp3) is 0.771. The van der Waals surface area contributed by atoms with Crippen LogP contribution in [-0.4, -0.2) is 155 Å². The van der Waals surface area contributed by atoms with E-state index in [9.17, 15) is 45.3 Å². The van der Waals surface area contributed by atoms with Crippen molar-refractivity contribution in [2.45, 2.75) is 138 Å². The number of benzene rings is 1. The van der Waals surface area contributed by atoms with Gasteiger partial charge in [-0.3, -0.25) is 4.79 Å². The average molecular weight is 766 g/mol. The molecule has 3 heterocycles. The minimum atomic E-state index is -1.75. The van der Waals surface area contributed by atoms with E-state index in [-0.39, 0.29) is 61.5 Å². The maximum Gasteiger partial charge on any atom is 1.00 e. The number of carboxylic acid groups (broad SMARTS) is 1. The van der Waals surface area contributed by atoms with Crippen LogP contribution in [0.4, 0.5) is 0 Å². The summed E-state index contributed by atoms with van der Waals surface area (Å²) >= 11 is 0. The molecule has 294 valence electrons. The number of hydrogen-bond acceptors (Lipinski definition) is 16. The molecule has 3 aliphatic heterocycles. The molecular formula is C35H52NNaO16. The van der Waals surface area contributed by atoms with E-state index in [1.54, 1.807) is 24.3 Å². The molecule has 1 saturated carbocycles. The predicted octanol–water partition coefficient (Wildman–Crippen LogP) is -5.27. The number of aliphatic hydroxyl groups excluding tert-OH is 6. The number of amides is 1. The number of aliphatic hydroxyl groups is 6. The van der Waals surface area contributed by atoms with Gasteiger partial charge in [0.25, 0.3) is 5.91 Å². The van der Waals surface area contributed by atoms with Gasteiger partial charge in [0.05, 0.1) is 38.0 Å². The summed E-state index contributed by atoms with van der Waals surface area (Å²) in [7, 11) is 1.50. The quantitative estimate of drug-likeness (QED) is 0.0874. The second kappa shape index (κ2) is 20.6. The van der Waals surface area contributed by atoms with E-state index >= 15 is 0 Å². The van der Waals surface area contributed by atoms with Crippen LogP contribution < -0.4 is 44.7 Å². The third-order valence-corrected chi connectivity index (χ3v) is 10.4. The monoisotopic (exact) mass is 765 g/mol. The third-order valence-electron chi connectivity index (χ3n) is 10.4. The van der Waals surface area contributed by atoms with E-state index in [1.165, 1.54) is 14.0 Å². The summed E-state index contributed by atoms with van der Waals surface area (Å²) in [5, 5.41) is 78.9. The van der Waals surface area contributed by atoms with Crippen LogP contribution in [0.15, 0.2) is 24.3 Å². The number of rotatable bonds is 14. The van der Waals surface area contributed by atoms with Crippen molar-refractivity contribution in [3.63, 3.8) is 0 Å². The van der Waals surface area contributed by atoms with Gasteiger partial charge in [-0.05, 0) is 49.9 Å². The van der Waals surface area contributed by atoms with Crippen LogP contribution in [0.25, 0.3) is 0 Å². The molecule has 1 aliphatic carbocycles. The van der Waals surface area contributed by atoms with Crippen LogP contribution in [0.5, 0.6) is 5.75 Å². The molecule has 1 aromatic carbocycles. The van der Waals surface area contributed by atoms with Crippen molar-refractivity contribution in [1.82, 2.24) is 5.32 Å². The summed E-state index contributed by atoms with van der Waals surface area (Å²) in [4.78, 5) is 25.2. The summed E-state index contributed by atoms with van der Waals surface area (Å²) in [5.74, 6) is -1.33. The van der Waals surface area contributed by atoms with Gasteiger partial charge in [0.2, 0.25) is 0 Å². The van der Waals surface area contributed by atoms with Crippen molar-refractivity contribution in [2.75, 3.05) is 26.9 Å². The van der Waals surface area contributed by atoms with Gasteiger partial charge in [0.1, 0.15) is 60.7 Å². The fourth-order valence-corrected chi connectivity index (χ4v) is 7.27. The first-order chi connectivity index (χ1) is 24.9. The molecule has 18 heteroatoms. The Hall–Kier alpha value is -1.52. The zero-order valence-electron chi connectivity index (χ0n) is 30.3. The molecule has 5 rings (SSSR count). The summed E-state index contributed by atoms with van der Waals surface area (Å²) in [6, 6.07) is 6.39. The van der Waals surface area contributed by atoms with Crippen molar-refractivity contribution in [3.05, 3.63) is 29.8 Å². The predicted molar refractivity (Wildman–Crippen MR) is 174 cm³/mol. The molecule has 4 fully saturated rings. The van der Waals surface area contributed by atoms with Crippen molar-refractivity contribution >= 4 is 11.9 Å². The first-order valence-electron chi connectivity index (χ1n) is 17.9. The van der Waals surface area contributed by atoms with Crippen LogP contribution in [0.3, 0.4) is 0 Å². The summed E-state index contributed by atoms with van der Waals surface area (Å²) in [6.45, 7) is 0.697. The molecule has 17 nitrogen and oxygen atoms in total. The number of carboxylic acids is 1. The van der Waals surface area contributed by atoms with E-state index in [2.05, 4.69) is 5.32 Å². The Labute approximate surface area is 330 Å². The van der Waals surface area contributed by atoms with Crippen LogP contribution in [0.1, 0.15) is 62.2 Å². The normalized spacial score (nSPS) is 37.2. The Kier molecular flexibility index (Phi) is 17.2. The molecule has 1 aromatic rings. The second-order valence-corrected chi connectivity index (χ2v) is 13.9. The van der Waals surface area contributed by atoms with Crippen molar-refractivity contribution in [3.8, 4) is 5.75 Å². The molecular weight excluding hydrogens is 713 g/mol. The minimum Gasteiger partial charge on any atom is -0.547 e. The van der Waals surface area contributed by atoms with Gasteiger partial charge in [-0.15, -0.1) is 0 Å². The molecule has 14 atom stereocenters. The van der Waals surface area contributed by atoms with Gasteiger partial charge in [-0.25, -0.2) is 0 Å². The number of methoxy groups -OCH3 is 1. The zero-order chi connectivity index (χ0) is 37.5. The number of nitrogens with one attached hydrogen (secondary N) is 1. The number of carbonyl (C=O) groups excluding carboxylic acids is 2. The molecule has 53 heavy (non-hydrogen) atoms. The average Bonchev–Trinajstić information content (AvgIpc) is 3.15. The van der Waals surface area contributed by atoms with Gasteiger partial charge in [0.15, 0.2) is 12.6 Å². The molecule has 3 saturated heterocycles. The Balaban J connectivity index is 0.00000627. The van der Waals surface area contributed by atoms with Gasteiger partial charge in [0, 0.05) is 18.7 Å². The maximum absolute atomic E-state index is 13.0. The van der Waals surface area contributed by atoms with Crippen molar-refractivity contribution in [2.24, 2.45) is 5.92 Å². The topological polar surface area (TPSA) is 255 Å². The summed E-state index contributed by atoms with van der Waals surface area (Å²) < 4.78 is 40.8. The fourth-order valence-electron chi connectivity index (χ4n) is 7.27. The molecule has 1 unspecified atom stereocenters. The van der Waals surface area contributed by atoms with E-state index in [0.717, 1.165) is 32.1 Å². The molecule has 7 N–H and O–H groups in total. The molecule has 4 aliphatic rings. The van der Waals surface area contributed by atoms with Crippen LogP contribution in [0.2, 0.25) is 0 Å². The maximum atomic E-state index is 13.0. The van der Waals surface area contributed by atoms with Crippen LogP contribution in [-0.2, 0) is 33.2 Å². The van der Waals surface area contributed by atoms with Crippen LogP contribution in [0, 0.1) is 5.92 Å². The van der Waals surface area contributed by atoms with Crippen molar-refractivity contribution in [1.29, 1.82) is 0 Å². The Morgan fingerprint density at radius 1 is 0.868 bits per heavy atom. The zero-order valence-corrected chi connectivity index (χ0v) is 32.3. The van der Waals surface area contributed by atoms with Gasteiger partial charge < -0.3 is 79.0 Å². The van der Waals surface area contributed by atoms with E-state index in [4.69, 9.17) is 33.2 Å². The summed E-state index contributed by atoms with van der Waals surface area (Å²) in [5.41, 5.74) is 0.329. The Morgan fingerprint density at radius 3 is 2.19 bits per heavy atom. The van der Waals surface area contributed by atoms with E-state index < -0.39 is 104 Å². The first-order valence-corrected chi connectivity index (χ1v) is 17.9. The SMILES string of the molecule is COc1ccc(C(=O)NCC2OCC[C@H](O[C@H]3O[C@@H](CO)[C@@H](O)[C@H](O[C@@H](CC4CCCCC4)C(=O)[O-])[C@H]3O)[C@H]2O[C@H]2O[C@H](C)[C@H](O)[C@@H](O)[C@@H]2O)cc1.[Na+]. The standard InChI is InChI=1S/C35H53NO16.Na/c1-17-25(38)27(40)28(41)34(48-17)52-30-21(12-13-47-23(30)15-36-32(43)19-8-10-20(46-2)11-9-19)50-35-29(42)31(26(39)24(16-37)51-35)49-22(33(44)45)14-18-6-4-3-5-7-18;/h8-11,17-18,21-31,34-35,37-42H,3-7,12-16H2,1-2H3,(H,36,43)(H,44,45);/q;+1/p-1/t17-,21+,22+,23?,24+,25+,26-,27-,28+,29-,30-,31+,34-,35+;/m1./s1. The largest absolute Gasteiger partial charge is 1.00 e. The van der Waals surface area contributed by atoms with E-state index in [1.807, 2.05) is 0 Å². The molecule has 1 amide bonds. The Morgan fingerprint density at radius 2 is 1.55 bits per heavy atom. The second-order valence-electron chi connectivity index (χ2n) is 13.9.